The second-order valence-electron chi connectivity index (χ2n) is 1.90. The highest BCUT2D eigenvalue weighted by molar-refractivity contribution is 5.86. The summed E-state index contributed by atoms with van der Waals surface area (Å²) in [6.45, 7) is 1.37. The standard InChI is InChI=1S/C5H11N3O2.2ClH/c1-3(5(7)10)8-4(9)2-6;;/h3H,2,6H2,1H3,(H2,7,10)(H,8,9);2*1H/t3-;;/m1../s1. The normalized spacial score (nSPS) is 10.2. The van der Waals surface area contributed by atoms with Crippen LogP contribution in [0.25, 0.3) is 0 Å². The zero-order chi connectivity index (χ0) is 8.15. The lowest BCUT2D eigenvalue weighted by Gasteiger charge is -2.07. The fourth-order valence-electron chi connectivity index (χ4n) is 0.372. The lowest BCUT2D eigenvalue weighted by atomic mass is 10.3. The molecule has 0 saturated carbocycles. The Balaban J connectivity index is -0.000000405. The highest BCUT2D eigenvalue weighted by Crippen LogP contribution is 1.76. The van der Waals surface area contributed by atoms with Gasteiger partial charge in [-0.2, -0.15) is 0 Å². The van der Waals surface area contributed by atoms with Crippen LogP contribution in [0.1, 0.15) is 6.92 Å². The van der Waals surface area contributed by atoms with Crippen molar-refractivity contribution in [3.05, 3.63) is 0 Å². The van der Waals surface area contributed by atoms with Gasteiger partial charge in [0, 0.05) is 0 Å². The van der Waals surface area contributed by atoms with E-state index in [2.05, 4.69) is 5.32 Å². The van der Waals surface area contributed by atoms with Crippen LogP contribution in [0, 0.1) is 0 Å². The molecule has 0 aliphatic rings. The summed E-state index contributed by atoms with van der Waals surface area (Å²) in [4.78, 5) is 20.8. The van der Waals surface area contributed by atoms with E-state index in [1.165, 1.54) is 6.92 Å². The molecule has 7 heteroatoms. The topological polar surface area (TPSA) is 98.2 Å². The van der Waals surface area contributed by atoms with E-state index in [0.29, 0.717) is 0 Å². The summed E-state index contributed by atoms with van der Waals surface area (Å²) < 4.78 is 0. The predicted octanol–water partition coefficient (Wildman–Crippen LogP) is -1.22. The number of carbonyl (C=O) groups is 2. The number of carbonyl (C=O) groups excluding carboxylic acids is 2. The Labute approximate surface area is 83.1 Å². The van der Waals surface area contributed by atoms with Crippen LogP contribution in [0.4, 0.5) is 0 Å². The maximum atomic E-state index is 10.5. The Hall–Kier alpha value is -0.520. The van der Waals surface area contributed by atoms with Gasteiger partial charge in [-0.1, -0.05) is 0 Å². The van der Waals surface area contributed by atoms with Gasteiger partial charge < -0.3 is 16.8 Å². The first kappa shape index (κ1) is 17.5. The van der Waals surface area contributed by atoms with Gasteiger partial charge in [0.2, 0.25) is 11.8 Å². The molecule has 2 amide bonds. The summed E-state index contributed by atoms with van der Waals surface area (Å²) in [6, 6.07) is -0.643. The fourth-order valence-corrected chi connectivity index (χ4v) is 0.372. The highest BCUT2D eigenvalue weighted by atomic mass is 35.5. The van der Waals surface area contributed by atoms with Crippen molar-refractivity contribution < 1.29 is 9.59 Å². The largest absolute Gasteiger partial charge is 0.368 e. The molecule has 0 fully saturated rings. The molecule has 0 radical (unpaired) electrons. The van der Waals surface area contributed by atoms with E-state index >= 15 is 0 Å². The zero-order valence-electron chi connectivity index (χ0n) is 6.57. The third kappa shape index (κ3) is 7.59. The van der Waals surface area contributed by atoms with Crippen LogP contribution in [0.15, 0.2) is 0 Å². The minimum atomic E-state index is -0.643. The summed E-state index contributed by atoms with van der Waals surface area (Å²) in [5, 5.41) is 2.29. The van der Waals surface area contributed by atoms with Gasteiger partial charge in [-0.3, -0.25) is 9.59 Å². The summed E-state index contributed by atoms with van der Waals surface area (Å²) in [5.74, 6) is -0.951. The van der Waals surface area contributed by atoms with Crippen molar-refractivity contribution in [3.8, 4) is 0 Å². The Morgan fingerprint density at radius 2 is 1.83 bits per heavy atom. The Bertz CT molecular complexity index is 154. The number of halogens is 2. The molecule has 12 heavy (non-hydrogen) atoms. The van der Waals surface area contributed by atoms with Crippen molar-refractivity contribution in [1.82, 2.24) is 5.32 Å². The third-order valence-corrected chi connectivity index (χ3v) is 0.990. The van der Waals surface area contributed by atoms with Gasteiger partial charge in [0.05, 0.1) is 6.54 Å². The molecular weight excluding hydrogens is 205 g/mol. The van der Waals surface area contributed by atoms with Gasteiger partial charge in [0.25, 0.3) is 0 Å². The molecule has 0 aromatic rings. The molecule has 5 N–H and O–H groups in total. The van der Waals surface area contributed by atoms with Crippen molar-refractivity contribution in [2.45, 2.75) is 13.0 Å². The van der Waals surface area contributed by atoms with E-state index < -0.39 is 11.9 Å². The van der Waals surface area contributed by atoms with Gasteiger partial charge in [-0.15, -0.1) is 24.8 Å². The van der Waals surface area contributed by atoms with Crippen LogP contribution < -0.4 is 16.8 Å². The monoisotopic (exact) mass is 217 g/mol. The second kappa shape index (κ2) is 8.58. The SMILES string of the molecule is C[C@@H](NC(=O)CN)C(N)=O.Cl.Cl. The van der Waals surface area contributed by atoms with E-state index in [-0.39, 0.29) is 37.3 Å². The number of hydrogen-bond donors (Lipinski definition) is 3. The highest BCUT2D eigenvalue weighted by Gasteiger charge is 2.09. The molecule has 0 saturated heterocycles. The molecule has 0 bridgehead atoms. The van der Waals surface area contributed by atoms with Crippen molar-refractivity contribution in [1.29, 1.82) is 0 Å². The van der Waals surface area contributed by atoms with E-state index in [1.54, 1.807) is 0 Å². The number of nitrogens with one attached hydrogen (secondary N) is 1. The van der Waals surface area contributed by atoms with Crippen LogP contribution >= 0.6 is 24.8 Å². The van der Waals surface area contributed by atoms with E-state index in [0.717, 1.165) is 0 Å². The van der Waals surface area contributed by atoms with E-state index in [4.69, 9.17) is 11.5 Å². The van der Waals surface area contributed by atoms with Crippen LogP contribution in [0.2, 0.25) is 0 Å². The average molecular weight is 218 g/mol. The van der Waals surface area contributed by atoms with Crippen molar-refractivity contribution in [2.75, 3.05) is 6.54 Å². The van der Waals surface area contributed by atoms with Gasteiger partial charge in [-0.05, 0) is 6.92 Å². The Morgan fingerprint density at radius 3 is 2.08 bits per heavy atom. The minimum absolute atomic E-state index is 0. The summed E-state index contributed by atoms with van der Waals surface area (Å²) in [7, 11) is 0. The first-order valence-electron chi connectivity index (χ1n) is 2.86. The number of rotatable bonds is 3. The van der Waals surface area contributed by atoms with Crippen LogP contribution in [0.5, 0.6) is 0 Å². The molecule has 0 unspecified atom stereocenters. The first-order chi connectivity index (χ1) is 4.57. The number of hydrogen-bond acceptors (Lipinski definition) is 3. The van der Waals surface area contributed by atoms with E-state index in [9.17, 15) is 9.59 Å². The van der Waals surface area contributed by atoms with Gasteiger partial charge in [0.15, 0.2) is 0 Å². The molecule has 0 aromatic heterocycles. The number of amides is 2. The Morgan fingerprint density at radius 1 is 1.42 bits per heavy atom. The van der Waals surface area contributed by atoms with Gasteiger partial charge in [0.1, 0.15) is 6.04 Å². The molecule has 74 valence electrons. The zero-order valence-corrected chi connectivity index (χ0v) is 8.21. The van der Waals surface area contributed by atoms with Gasteiger partial charge >= 0.3 is 0 Å². The molecule has 0 rings (SSSR count). The number of primary amides is 1. The van der Waals surface area contributed by atoms with Crippen LogP contribution in [-0.2, 0) is 9.59 Å². The predicted molar refractivity (Wildman–Crippen MR) is 50.3 cm³/mol. The molecule has 0 spiro atoms. The van der Waals surface area contributed by atoms with Gasteiger partial charge in [-0.25, -0.2) is 0 Å². The van der Waals surface area contributed by atoms with Crippen LogP contribution in [-0.4, -0.2) is 24.4 Å². The summed E-state index contributed by atoms with van der Waals surface area (Å²) in [6.07, 6.45) is 0. The Kier molecular flexibility index (Phi) is 12.5. The maximum absolute atomic E-state index is 10.5. The molecule has 0 aliphatic carbocycles. The smallest absolute Gasteiger partial charge is 0.239 e. The molecule has 0 heterocycles. The second-order valence-corrected chi connectivity index (χ2v) is 1.90. The summed E-state index contributed by atoms with van der Waals surface area (Å²) in [5.41, 5.74) is 9.80. The van der Waals surface area contributed by atoms with Crippen LogP contribution in [0.3, 0.4) is 0 Å². The number of nitrogens with two attached hydrogens (primary N) is 2. The van der Waals surface area contributed by atoms with Crippen molar-refractivity contribution in [2.24, 2.45) is 11.5 Å². The van der Waals surface area contributed by atoms with Crippen molar-refractivity contribution >= 4 is 36.6 Å². The summed E-state index contributed by atoms with van der Waals surface area (Å²) >= 11 is 0. The molecule has 0 aliphatic heterocycles. The average Bonchev–Trinajstić information content (AvgIpc) is 1.87. The van der Waals surface area contributed by atoms with E-state index in [1.807, 2.05) is 0 Å². The third-order valence-electron chi connectivity index (χ3n) is 0.990. The maximum Gasteiger partial charge on any atom is 0.239 e. The molecule has 5 nitrogen and oxygen atoms in total. The minimum Gasteiger partial charge on any atom is -0.368 e. The lowest BCUT2D eigenvalue weighted by Crippen LogP contribution is -2.44. The van der Waals surface area contributed by atoms with Crippen molar-refractivity contribution in [3.63, 3.8) is 0 Å². The molecular formula is C5H13Cl2N3O2. The molecule has 1 atom stereocenters. The first-order valence-corrected chi connectivity index (χ1v) is 2.86. The molecule has 0 aromatic carbocycles. The quantitative estimate of drug-likeness (QED) is 0.553. The fraction of sp³-hybridized carbons (Fsp3) is 0.600. The lowest BCUT2D eigenvalue weighted by molar-refractivity contribution is -0.126.